The number of aryl methyl sites for hydroxylation is 2. The number of nitrogens with zero attached hydrogens (tertiary/aromatic N) is 3. The minimum Gasteiger partial charge on any atom is -0.496 e. The highest BCUT2D eigenvalue weighted by Gasteiger charge is 2.37. The van der Waals surface area contributed by atoms with E-state index in [0.29, 0.717) is 17.5 Å². The first-order valence-electron chi connectivity index (χ1n) is 12.4. The largest absolute Gasteiger partial charge is 0.496 e. The quantitative estimate of drug-likeness (QED) is 0.422. The monoisotopic (exact) mass is 518 g/mol. The van der Waals surface area contributed by atoms with Gasteiger partial charge in [-0.2, -0.15) is 0 Å². The first-order chi connectivity index (χ1) is 17.8. The van der Waals surface area contributed by atoms with Crippen molar-refractivity contribution >= 4 is 20.9 Å². The predicted molar refractivity (Wildman–Crippen MR) is 144 cm³/mol. The fourth-order valence-corrected chi connectivity index (χ4v) is 7.03. The van der Waals surface area contributed by atoms with E-state index >= 15 is 0 Å². The van der Waals surface area contributed by atoms with E-state index in [1.54, 1.807) is 50.7 Å². The fraction of sp³-hybridized carbons (Fsp3) is 0.321. The second-order valence-electron chi connectivity index (χ2n) is 10.1. The number of rotatable bonds is 6. The van der Waals surface area contributed by atoms with Crippen molar-refractivity contribution in [3.63, 3.8) is 0 Å². The Balaban J connectivity index is 1.43. The number of hydrogen-bond donors (Lipinski definition) is 1. The average molecular weight is 519 g/mol. The summed E-state index contributed by atoms with van der Waals surface area (Å²) in [5.41, 5.74) is 3.45. The summed E-state index contributed by atoms with van der Waals surface area (Å²) in [7, 11) is -0.637. The van der Waals surface area contributed by atoms with Gasteiger partial charge in [0.1, 0.15) is 11.3 Å². The van der Waals surface area contributed by atoms with Crippen molar-refractivity contribution in [2.45, 2.75) is 36.9 Å². The van der Waals surface area contributed by atoms with Crippen molar-refractivity contribution in [1.29, 1.82) is 0 Å². The Kier molecular flexibility index (Phi) is 5.74. The van der Waals surface area contributed by atoms with Crippen LogP contribution < -0.4 is 15.6 Å². The van der Waals surface area contributed by atoms with Gasteiger partial charge in [-0.3, -0.25) is 9.69 Å². The lowest BCUT2D eigenvalue weighted by molar-refractivity contribution is 0.215. The van der Waals surface area contributed by atoms with Crippen LogP contribution in [0.15, 0.2) is 70.6 Å². The van der Waals surface area contributed by atoms with Gasteiger partial charge in [-0.1, -0.05) is 29.8 Å². The number of pyridine rings is 1. The molecular formula is C28H30N4O4S. The van der Waals surface area contributed by atoms with E-state index in [2.05, 4.69) is 16.3 Å². The van der Waals surface area contributed by atoms with Crippen molar-refractivity contribution in [2.75, 3.05) is 20.2 Å². The molecule has 0 aliphatic carbocycles. The fourth-order valence-electron chi connectivity index (χ4n) is 5.69. The Bertz CT molecular complexity index is 1670. The molecule has 8 nitrogen and oxygen atoms in total. The molecule has 2 atom stereocenters. The average Bonchev–Trinajstić information content (AvgIpc) is 3.63. The summed E-state index contributed by atoms with van der Waals surface area (Å²) in [6, 6.07) is 15.5. The normalized spacial score (nSPS) is 19.6. The van der Waals surface area contributed by atoms with Crippen LogP contribution in [0.3, 0.4) is 0 Å². The highest BCUT2D eigenvalue weighted by atomic mass is 32.2. The molecular weight excluding hydrogens is 488 g/mol. The molecule has 2 fully saturated rings. The Morgan fingerprint density at radius 3 is 2.57 bits per heavy atom. The van der Waals surface area contributed by atoms with Crippen LogP contribution in [-0.4, -0.2) is 54.1 Å². The first-order valence-corrected chi connectivity index (χ1v) is 13.9. The minimum absolute atomic E-state index is 0.129. The van der Waals surface area contributed by atoms with Gasteiger partial charge in [-0.25, -0.2) is 12.4 Å². The number of nitrogens with one attached hydrogen (secondary N) is 1. The van der Waals surface area contributed by atoms with Crippen molar-refractivity contribution in [2.24, 2.45) is 7.05 Å². The van der Waals surface area contributed by atoms with E-state index in [1.165, 1.54) is 17.2 Å². The zero-order chi connectivity index (χ0) is 25.9. The van der Waals surface area contributed by atoms with Gasteiger partial charge in [-0.05, 0) is 43.2 Å². The maximum Gasteiger partial charge on any atom is 0.275 e. The van der Waals surface area contributed by atoms with Crippen molar-refractivity contribution < 1.29 is 13.2 Å². The molecule has 2 aliphatic rings. The number of fused-ring (bicyclic) bond motifs is 3. The molecule has 4 heterocycles. The zero-order valence-corrected chi connectivity index (χ0v) is 22.0. The molecule has 37 heavy (non-hydrogen) atoms. The summed E-state index contributed by atoms with van der Waals surface area (Å²) in [5, 5.41) is 4.12. The smallest absolute Gasteiger partial charge is 0.275 e. The molecule has 1 unspecified atom stereocenters. The summed E-state index contributed by atoms with van der Waals surface area (Å²) < 4.78 is 35.3. The van der Waals surface area contributed by atoms with Gasteiger partial charge in [0.2, 0.25) is 0 Å². The number of ether oxygens (including phenoxy) is 1. The van der Waals surface area contributed by atoms with E-state index < -0.39 is 10.0 Å². The van der Waals surface area contributed by atoms with Crippen molar-refractivity contribution in [3.05, 3.63) is 82.4 Å². The van der Waals surface area contributed by atoms with Gasteiger partial charge in [0.25, 0.3) is 15.6 Å². The lowest BCUT2D eigenvalue weighted by Crippen LogP contribution is -2.43. The Labute approximate surface area is 216 Å². The maximum absolute atomic E-state index is 13.5. The van der Waals surface area contributed by atoms with Crippen LogP contribution in [0.5, 0.6) is 5.75 Å². The third-order valence-electron chi connectivity index (χ3n) is 7.71. The van der Waals surface area contributed by atoms with Crippen LogP contribution in [0.1, 0.15) is 17.5 Å². The third kappa shape index (κ3) is 3.98. The Morgan fingerprint density at radius 2 is 1.89 bits per heavy atom. The standard InChI is InChI=1S/C28H30N4O4S/c1-18-4-8-23(9-5-18)37(34,35)32-11-10-24-25(17-30(2)28(33)27(24)32)19-6-7-20(26(12-19)36-3)15-31-16-21-13-22(31)14-29-21/h4-12,17,21-22,29H,13-16H2,1-3H3/t21?,22-/m0/s1. The molecule has 9 heteroatoms. The number of benzene rings is 2. The molecule has 2 aliphatic heterocycles. The van der Waals surface area contributed by atoms with E-state index in [4.69, 9.17) is 4.74 Å². The van der Waals surface area contributed by atoms with Crippen LogP contribution in [0.4, 0.5) is 0 Å². The molecule has 0 spiro atoms. The highest BCUT2D eigenvalue weighted by molar-refractivity contribution is 7.90. The molecule has 2 bridgehead atoms. The maximum atomic E-state index is 13.5. The molecule has 6 rings (SSSR count). The summed E-state index contributed by atoms with van der Waals surface area (Å²) in [6.07, 6.45) is 4.42. The van der Waals surface area contributed by atoms with Crippen LogP contribution >= 0.6 is 0 Å². The van der Waals surface area contributed by atoms with Crippen LogP contribution in [-0.2, 0) is 23.6 Å². The van der Waals surface area contributed by atoms with Gasteiger partial charge in [0.05, 0.1) is 12.0 Å². The minimum atomic E-state index is -3.95. The van der Waals surface area contributed by atoms with Crippen LogP contribution in [0, 0.1) is 6.92 Å². The third-order valence-corrected chi connectivity index (χ3v) is 9.40. The molecule has 4 aromatic rings. The molecule has 2 saturated heterocycles. The SMILES string of the molecule is COc1cc(-c2cn(C)c(=O)c3c2ccn3S(=O)(=O)c2ccc(C)cc2)ccc1CN1CC2C[C@H]1CN2. The second-order valence-corrected chi connectivity index (χ2v) is 11.9. The van der Waals surface area contributed by atoms with Gasteiger partial charge in [0, 0.05) is 67.7 Å². The summed E-state index contributed by atoms with van der Waals surface area (Å²) >= 11 is 0. The molecule has 2 aromatic heterocycles. The van der Waals surface area contributed by atoms with Crippen molar-refractivity contribution in [1.82, 2.24) is 18.8 Å². The van der Waals surface area contributed by atoms with Crippen molar-refractivity contribution in [3.8, 4) is 16.9 Å². The summed E-state index contributed by atoms with van der Waals surface area (Å²) in [5.74, 6) is 0.780. The van der Waals surface area contributed by atoms with E-state index in [-0.39, 0.29) is 16.0 Å². The molecule has 2 aromatic carbocycles. The van der Waals surface area contributed by atoms with E-state index in [0.717, 1.165) is 51.6 Å². The topological polar surface area (TPSA) is 85.6 Å². The van der Waals surface area contributed by atoms with Crippen LogP contribution in [0.2, 0.25) is 0 Å². The van der Waals surface area contributed by atoms with E-state index in [1.807, 2.05) is 19.1 Å². The van der Waals surface area contributed by atoms with Crippen LogP contribution in [0.25, 0.3) is 22.0 Å². The lowest BCUT2D eigenvalue weighted by atomic mass is 10.0. The molecule has 0 amide bonds. The van der Waals surface area contributed by atoms with Gasteiger partial charge in [0.15, 0.2) is 0 Å². The van der Waals surface area contributed by atoms with E-state index in [9.17, 15) is 13.2 Å². The molecule has 0 radical (unpaired) electrons. The summed E-state index contributed by atoms with van der Waals surface area (Å²) in [4.78, 5) is 15.8. The summed E-state index contributed by atoms with van der Waals surface area (Å²) in [6.45, 7) is 4.79. The predicted octanol–water partition coefficient (Wildman–Crippen LogP) is 3.11. The highest BCUT2D eigenvalue weighted by Crippen LogP contribution is 2.34. The van der Waals surface area contributed by atoms with Gasteiger partial charge >= 0.3 is 0 Å². The Morgan fingerprint density at radius 1 is 1.11 bits per heavy atom. The number of hydrogen-bond acceptors (Lipinski definition) is 6. The molecule has 192 valence electrons. The molecule has 1 N–H and O–H groups in total. The number of aromatic nitrogens is 2. The zero-order valence-electron chi connectivity index (χ0n) is 21.1. The number of likely N-dealkylation sites (tertiary alicyclic amines) is 1. The Hall–Kier alpha value is -3.40. The number of methoxy groups -OCH3 is 1. The van der Waals surface area contributed by atoms with Gasteiger partial charge in [-0.15, -0.1) is 0 Å². The second kappa shape index (κ2) is 8.86. The van der Waals surface area contributed by atoms with Gasteiger partial charge < -0.3 is 14.6 Å². The molecule has 0 saturated carbocycles. The lowest BCUT2D eigenvalue weighted by Gasteiger charge is -2.28. The number of piperazine rings is 1. The first kappa shape index (κ1) is 24.0.